The maximum Gasteiger partial charge on any atom is 0.238 e. The number of benzene rings is 2. The predicted molar refractivity (Wildman–Crippen MR) is 93.1 cm³/mol. The molecule has 0 aromatic heterocycles. The van der Waals surface area contributed by atoms with Gasteiger partial charge in [0, 0.05) is 10.6 Å². The minimum Gasteiger partial charge on any atom is -0.325 e. The van der Waals surface area contributed by atoms with Gasteiger partial charge < -0.3 is 5.32 Å². The third kappa shape index (κ3) is 5.09. The fraction of sp³-hybridized carbons (Fsp3) is 0.188. The van der Waals surface area contributed by atoms with Crippen molar-refractivity contribution in [2.45, 2.75) is 23.6 Å². The average Bonchev–Trinajstić information content (AvgIpc) is 2.47. The molecule has 2 aromatic rings. The molecule has 0 atom stereocenters. The molecular weight excluding hydrogens is 332 g/mol. The van der Waals surface area contributed by atoms with Crippen LogP contribution in [0.1, 0.15) is 11.1 Å². The van der Waals surface area contributed by atoms with E-state index in [0.29, 0.717) is 5.69 Å². The summed E-state index contributed by atoms with van der Waals surface area (Å²) in [6.07, 6.45) is 0. The van der Waals surface area contributed by atoms with Crippen LogP contribution >= 0.6 is 11.8 Å². The minimum absolute atomic E-state index is 0.0301. The van der Waals surface area contributed by atoms with Gasteiger partial charge in [-0.15, -0.1) is 11.8 Å². The first kappa shape index (κ1) is 17.5. The van der Waals surface area contributed by atoms with E-state index in [1.165, 1.54) is 30.0 Å². The number of carbonyl (C=O) groups is 1. The van der Waals surface area contributed by atoms with E-state index in [1.54, 1.807) is 6.07 Å². The summed E-state index contributed by atoms with van der Waals surface area (Å²) in [4.78, 5) is 13.1. The summed E-state index contributed by atoms with van der Waals surface area (Å²) in [5, 5.41) is 7.76. The maximum atomic E-state index is 12.0. The zero-order valence-electron chi connectivity index (χ0n) is 12.9. The van der Waals surface area contributed by atoms with Gasteiger partial charge in [-0.1, -0.05) is 23.8 Å². The second-order valence-corrected chi connectivity index (χ2v) is 7.76. The highest BCUT2D eigenvalue weighted by Crippen LogP contribution is 2.24. The summed E-state index contributed by atoms with van der Waals surface area (Å²) in [6, 6.07) is 12.0. The molecule has 3 N–H and O–H groups in total. The molecule has 0 spiro atoms. The van der Waals surface area contributed by atoms with Crippen LogP contribution in [0.15, 0.2) is 52.3 Å². The van der Waals surface area contributed by atoms with E-state index in [2.05, 4.69) is 5.32 Å². The Balaban J connectivity index is 2.01. The molecular formula is C16H18N2O3S2. The highest BCUT2D eigenvalue weighted by Gasteiger charge is 2.10. The Kier molecular flexibility index (Phi) is 5.46. The van der Waals surface area contributed by atoms with Crippen molar-refractivity contribution >= 4 is 33.4 Å². The quantitative estimate of drug-likeness (QED) is 0.811. The van der Waals surface area contributed by atoms with E-state index in [-0.39, 0.29) is 16.6 Å². The normalized spacial score (nSPS) is 11.3. The van der Waals surface area contributed by atoms with E-state index in [9.17, 15) is 13.2 Å². The largest absolute Gasteiger partial charge is 0.325 e. The van der Waals surface area contributed by atoms with Gasteiger partial charge in [0.15, 0.2) is 0 Å². The molecule has 0 fully saturated rings. The first-order valence-electron chi connectivity index (χ1n) is 6.88. The van der Waals surface area contributed by atoms with Crippen molar-refractivity contribution in [3.8, 4) is 0 Å². The molecule has 0 heterocycles. The number of nitrogens with two attached hydrogens (primary N) is 1. The molecule has 0 saturated heterocycles. The van der Waals surface area contributed by atoms with Gasteiger partial charge >= 0.3 is 0 Å². The van der Waals surface area contributed by atoms with Gasteiger partial charge in [-0.3, -0.25) is 4.79 Å². The Hall–Kier alpha value is -1.83. The number of thioether (sulfide) groups is 1. The molecule has 2 rings (SSSR count). The number of hydrogen-bond donors (Lipinski definition) is 2. The molecule has 7 heteroatoms. The third-order valence-electron chi connectivity index (χ3n) is 3.15. The number of carbonyl (C=O) groups excluding carboxylic acids is 1. The third-order valence-corrected chi connectivity index (χ3v) is 5.22. The molecule has 122 valence electrons. The van der Waals surface area contributed by atoms with Crippen molar-refractivity contribution in [3.63, 3.8) is 0 Å². The molecule has 23 heavy (non-hydrogen) atoms. The number of primary sulfonamides is 1. The van der Waals surface area contributed by atoms with Crippen LogP contribution in [-0.4, -0.2) is 20.1 Å². The van der Waals surface area contributed by atoms with E-state index in [0.717, 1.165) is 16.0 Å². The molecule has 0 aliphatic heterocycles. The van der Waals surface area contributed by atoms with Crippen LogP contribution in [0, 0.1) is 13.8 Å². The summed E-state index contributed by atoms with van der Waals surface area (Å²) < 4.78 is 22.6. The summed E-state index contributed by atoms with van der Waals surface area (Å²) in [5.41, 5.74) is 2.66. The number of nitrogens with one attached hydrogen (secondary N) is 1. The topological polar surface area (TPSA) is 89.3 Å². The van der Waals surface area contributed by atoms with Crippen LogP contribution < -0.4 is 10.5 Å². The van der Waals surface area contributed by atoms with Crippen molar-refractivity contribution in [1.82, 2.24) is 0 Å². The molecule has 2 aromatic carbocycles. The monoisotopic (exact) mass is 350 g/mol. The lowest BCUT2D eigenvalue weighted by atomic mass is 10.2. The lowest BCUT2D eigenvalue weighted by Crippen LogP contribution is -2.16. The number of aryl methyl sites for hydroxylation is 2. The summed E-state index contributed by atoms with van der Waals surface area (Å²) in [6.45, 7) is 4.00. The Morgan fingerprint density at radius 1 is 1.17 bits per heavy atom. The molecule has 0 saturated carbocycles. The van der Waals surface area contributed by atoms with Crippen LogP contribution in [0.5, 0.6) is 0 Å². The lowest BCUT2D eigenvalue weighted by molar-refractivity contribution is -0.113. The van der Waals surface area contributed by atoms with E-state index >= 15 is 0 Å². The summed E-state index contributed by atoms with van der Waals surface area (Å²) >= 11 is 1.44. The smallest absolute Gasteiger partial charge is 0.238 e. The van der Waals surface area contributed by atoms with Crippen molar-refractivity contribution in [1.29, 1.82) is 0 Å². The Labute approximate surface area is 140 Å². The van der Waals surface area contributed by atoms with Gasteiger partial charge in [-0.05, 0) is 43.7 Å². The highest BCUT2D eigenvalue weighted by molar-refractivity contribution is 8.00. The second-order valence-electron chi connectivity index (χ2n) is 5.18. The summed E-state index contributed by atoms with van der Waals surface area (Å²) in [5.74, 6) is 0.0339. The molecule has 0 unspecified atom stereocenters. The number of amides is 1. The number of sulfonamides is 1. The van der Waals surface area contributed by atoms with Crippen LogP contribution in [0.2, 0.25) is 0 Å². The fourth-order valence-corrected chi connectivity index (χ4v) is 3.44. The zero-order valence-corrected chi connectivity index (χ0v) is 14.5. The first-order chi connectivity index (χ1) is 10.8. The zero-order chi connectivity index (χ0) is 17.0. The number of hydrogen-bond acceptors (Lipinski definition) is 4. The standard InChI is InChI=1S/C16H18N2O3S2/c1-11-6-7-12(2)15(8-11)22-10-16(19)18-13-4-3-5-14(9-13)23(17,20)21/h3-9H,10H2,1-2H3,(H,18,19)(H2,17,20,21). The van der Waals surface area contributed by atoms with Gasteiger partial charge in [0.2, 0.25) is 15.9 Å². The fourth-order valence-electron chi connectivity index (χ4n) is 1.95. The van der Waals surface area contributed by atoms with Crippen molar-refractivity contribution < 1.29 is 13.2 Å². The van der Waals surface area contributed by atoms with Gasteiger partial charge in [0.25, 0.3) is 0 Å². The van der Waals surface area contributed by atoms with Crippen LogP contribution in [0.4, 0.5) is 5.69 Å². The van der Waals surface area contributed by atoms with E-state index in [4.69, 9.17) is 5.14 Å². The summed E-state index contributed by atoms with van der Waals surface area (Å²) in [7, 11) is -3.78. The minimum atomic E-state index is -3.78. The van der Waals surface area contributed by atoms with E-state index in [1.807, 2.05) is 32.0 Å². The average molecular weight is 350 g/mol. The van der Waals surface area contributed by atoms with Crippen LogP contribution in [-0.2, 0) is 14.8 Å². The van der Waals surface area contributed by atoms with Crippen LogP contribution in [0.25, 0.3) is 0 Å². The van der Waals surface area contributed by atoms with Crippen molar-refractivity contribution in [2.24, 2.45) is 5.14 Å². The molecule has 0 radical (unpaired) electrons. The molecule has 5 nitrogen and oxygen atoms in total. The Bertz CT molecular complexity index is 833. The Morgan fingerprint density at radius 3 is 2.61 bits per heavy atom. The van der Waals surface area contributed by atoms with Crippen molar-refractivity contribution in [2.75, 3.05) is 11.1 Å². The predicted octanol–water partition coefficient (Wildman–Crippen LogP) is 2.68. The number of anilines is 1. The SMILES string of the molecule is Cc1ccc(C)c(SCC(=O)Nc2cccc(S(N)(=O)=O)c2)c1. The van der Waals surface area contributed by atoms with Gasteiger partial charge in [-0.25, -0.2) is 13.6 Å². The van der Waals surface area contributed by atoms with Crippen LogP contribution in [0.3, 0.4) is 0 Å². The molecule has 0 aliphatic carbocycles. The van der Waals surface area contributed by atoms with Gasteiger partial charge in [0.05, 0.1) is 10.6 Å². The lowest BCUT2D eigenvalue weighted by Gasteiger charge is -2.08. The molecule has 0 aliphatic rings. The Morgan fingerprint density at radius 2 is 1.91 bits per heavy atom. The highest BCUT2D eigenvalue weighted by atomic mass is 32.2. The van der Waals surface area contributed by atoms with Gasteiger partial charge in [-0.2, -0.15) is 0 Å². The van der Waals surface area contributed by atoms with E-state index < -0.39 is 10.0 Å². The first-order valence-corrected chi connectivity index (χ1v) is 9.41. The second kappa shape index (κ2) is 7.16. The molecule has 1 amide bonds. The van der Waals surface area contributed by atoms with Crippen molar-refractivity contribution in [3.05, 3.63) is 53.6 Å². The van der Waals surface area contributed by atoms with Gasteiger partial charge in [0.1, 0.15) is 0 Å². The maximum absolute atomic E-state index is 12.0. The number of rotatable bonds is 5. The molecule has 0 bridgehead atoms.